The first-order valence-electron chi connectivity index (χ1n) is 6.03. The van der Waals surface area contributed by atoms with Crippen molar-refractivity contribution in [2.24, 2.45) is 11.3 Å². The molecule has 0 saturated heterocycles. The Morgan fingerprint density at radius 2 is 2.19 bits per heavy atom. The van der Waals surface area contributed by atoms with Gasteiger partial charge in [0.2, 0.25) is 0 Å². The number of hydrogen-bond donors (Lipinski definition) is 1. The highest BCUT2D eigenvalue weighted by Crippen LogP contribution is 2.47. The van der Waals surface area contributed by atoms with Gasteiger partial charge in [0.25, 0.3) is 0 Å². The standard InChI is InChI=1S/C14H20BrN/c1-14(10-16-2,12-6-7-12)9-11-4-3-5-13(15)8-11/h3-5,8,12,16H,6-7,9-10H2,1-2H3. The van der Waals surface area contributed by atoms with Crippen LogP contribution in [0.4, 0.5) is 0 Å². The van der Waals surface area contributed by atoms with Gasteiger partial charge in [0, 0.05) is 11.0 Å². The molecule has 0 aromatic heterocycles. The smallest absolute Gasteiger partial charge is 0.0177 e. The molecular weight excluding hydrogens is 262 g/mol. The van der Waals surface area contributed by atoms with E-state index < -0.39 is 0 Å². The molecule has 0 aliphatic heterocycles. The summed E-state index contributed by atoms with van der Waals surface area (Å²) in [5.74, 6) is 0.916. The molecule has 1 aromatic rings. The van der Waals surface area contributed by atoms with Gasteiger partial charge in [-0.25, -0.2) is 0 Å². The highest BCUT2D eigenvalue weighted by atomic mass is 79.9. The van der Waals surface area contributed by atoms with Gasteiger partial charge in [-0.05, 0) is 55.3 Å². The summed E-state index contributed by atoms with van der Waals surface area (Å²) in [5.41, 5.74) is 1.87. The Hall–Kier alpha value is -0.340. The molecule has 1 aromatic carbocycles. The summed E-state index contributed by atoms with van der Waals surface area (Å²) in [6.45, 7) is 3.53. The molecule has 0 heterocycles. The minimum Gasteiger partial charge on any atom is -0.319 e. The molecule has 1 aliphatic rings. The van der Waals surface area contributed by atoms with Crippen molar-refractivity contribution < 1.29 is 0 Å². The Bertz CT molecular complexity index is 360. The van der Waals surface area contributed by atoms with Gasteiger partial charge in [-0.1, -0.05) is 35.0 Å². The number of rotatable bonds is 5. The van der Waals surface area contributed by atoms with Crippen molar-refractivity contribution in [2.45, 2.75) is 26.2 Å². The summed E-state index contributed by atoms with van der Waals surface area (Å²) in [6.07, 6.45) is 4.00. The maximum absolute atomic E-state index is 3.55. The quantitative estimate of drug-likeness (QED) is 0.869. The van der Waals surface area contributed by atoms with E-state index in [1.807, 2.05) is 0 Å². The summed E-state index contributed by atoms with van der Waals surface area (Å²) < 4.78 is 1.19. The van der Waals surface area contributed by atoms with Crippen LogP contribution in [0.25, 0.3) is 0 Å². The predicted molar refractivity (Wildman–Crippen MR) is 72.6 cm³/mol. The molecule has 1 fully saturated rings. The number of hydrogen-bond acceptors (Lipinski definition) is 1. The van der Waals surface area contributed by atoms with Crippen molar-refractivity contribution in [1.29, 1.82) is 0 Å². The van der Waals surface area contributed by atoms with E-state index in [2.05, 4.69) is 59.5 Å². The van der Waals surface area contributed by atoms with Crippen LogP contribution < -0.4 is 5.32 Å². The summed E-state index contributed by atoms with van der Waals surface area (Å²) in [5, 5.41) is 3.35. The molecule has 1 nitrogen and oxygen atoms in total. The summed E-state index contributed by atoms with van der Waals surface area (Å²) in [4.78, 5) is 0. The molecular formula is C14H20BrN. The Labute approximate surface area is 107 Å². The van der Waals surface area contributed by atoms with E-state index in [1.54, 1.807) is 0 Å². The molecule has 2 rings (SSSR count). The molecule has 16 heavy (non-hydrogen) atoms. The Balaban J connectivity index is 2.10. The van der Waals surface area contributed by atoms with Gasteiger partial charge in [-0.2, -0.15) is 0 Å². The van der Waals surface area contributed by atoms with Crippen molar-refractivity contribution in [3.05, 3.63) is 34.3 Å². The minimum absolute atomic E-state index is 0.426. The van der Waals surface area contributed by atoms with E-state index >= 15 is 0 Å². The zero-order valence-electron chi connectivity index (χ0n) is 10.1. The van der Waals surface area contributed by atoms with Gasteiger partial charge in [0.05, 0.1) is 0 Å². The highest BCUT2D eigenvalue weighted by molar-refractivity contribution is 9.10. The lowest BCUT2D eigenvalue weighted by Crippen LogP contribution is -2.33. The van der Waals surface area contributed by atoms with Gasteiger partial charge in [0.1, 0.15) is 0 Å². The van der Waals surface area contributed by atoms with Crippen LogP contribution in [-0.4, -0.2) is 13.6 Å². The van der Waals surface area contributed by atoms with Crippen LogP contribution in [-0.2, 0) is 6.42 Å². The average Bonchev–Trinajstić information content (AvgIpc) is 3.00. The number of nitrogens with one attached hydrogen (secondary N) is 1. The lowest BCUT2D eigenvalue weighted by Gasteiger charge is -2.29. The summed E-state index contributed by atoms with van der Waals surface area (Å²) >= 11 is 3.55. The Morgan fingerprint density at radius 1 is 1.44 bits per heavy atom. The summed E-state index contributed by atoms with van der Waals surface area (Å²) in [7, 11) is 2.06. The van der Waals surface area contributed by atoms with Gasteiger partial charge in [-0.3, -0.25) is 0 Å². The van der Waals surface area contributed by atoms with Gasteiger partial charge >= 0.3 is 0 Å². The van der Waals surface area contributed by atoms with Crippen molar-refractivity contribution in [2.75, 3.05) is 13.6 Å². The first-order chi connectivity index (χ1) is 7.64. The van der Waals surface area contributed by atoms with Crippen molar-refractivity contribution in [3.63, 3.8) is 0 Å². The van der Waals surface area contributed by atoms with Gasteiger partial charge in [-0.15, -0.1) is 0 Å². The molecule has 0 radical (unpaired) electrons. The fourth-order valence-electron chi connectivity index (χ4n) is 2.65. The first kappa shape index (κ1) is 12.1. The van der Waals surface area contributed by atoms with E-state index in [0.29, 0.717) is 5.41 Å². The van der Waals surface area contributed by atoms with Crippen molar-refractivity contribution in [1.82, 2.24) is 5.32 Å². The number of halogens is 1. The maximum Gasteiger partial charge on any atom is 0.0177 e. The molecule has 2 heteroatoms. The van der Waals surface area contributed by atoms with E-state index in [4.69, 9.17) is 0 Å². The van der Waals surface area contributed by atoms with Crippen LogP contribution in [0.3, 0.4) is 0 Å². The molecule has 1 aliphatic carbocycles. The second-order valence-corrected chi connectivity index (χ2v) is 6.18. The lowest BCUT2D eigenvalue weighted by molar-refractivity contribution is 0.263. The summed E-state index contributed by atoms with van der Waals surface area (Å²) in [6, 6.07) is 8.71. The second kappa shape index (κ2) is 4.89. The molecule has 1 N–H and O–H groups in total. The lowest BCUT2D eigenvalue weighted by atomic mass is 9.79. The average molecular weight is 282 g/mol. The first-order valence-corrected chi connectivity index (χ1v) is 6.82. The third kappa shape index (κ3) is 2.86. The molecule has 0 bridgehead atoms. The van der Waals surface area contributed by atoms with E-state index in [-0.39, 0.29) is 0 Å². The van der Waals surface area contributed by atoms with E-state index in [9.17, 15) is 0 Å². The van der Waals surface area contributed by atoms with Gasteiger partial charge < -0.3 is 5.32 Å². The van der Waals surface area contributed by atoms with Crippen LogP contribution in [0.2, 0.25) is 0 Å². The fraction of sp³-hybridized carbons (Fsp3) is 0.571. The molecule has 88 valence electrons. The maximum atomic E-state index is 3.55. The Kier molecular flexibility index (Phi) is 3.70. The van der Waals surface area contributed by atoms with E-state index in [0.717, 1.165) is 12.5 Å². The molecule has 1 atom stereocenters. The second-order valence-electron chi connectivity index (χ2n) is 5.27. The van der Waals surface area contributed by atoms with Crippen LogP contribution in [0.1, 0.15) is 25.3 Å². The molecule has 1 unspecified atom stereocenters. The molecule has 0 spiro atoms. The molecule has 1 saturated carbocycles. The fourth-order valence-corrected chi connectivity index (χ4v) is 3.10. The number of benzene rings is 1. The monoisotopic (exact) mass is 281 g/mol. The van der Waals surface area contributed by atoms with Crippen LogP contribution in [0.5, 0.6) is 0 Å². The Morgan fingerprint density at radius 3 is 2.75 bits per heavy atom. The highest BCUT2D eigenvalue weighted by Gasteiger charge is 2.40. The largest absolute Gasteiger partial charge is 0.319 e. The van der Waals surface area contributed by atoms with Crippen molar-refractivity contribution in [3.8, 4) is 0 Å². The van der Waals surface area contributed by atoms with Gasteiger partial charge in [0.15, 0.2) is 0 Å². The van der Waals surface area contributed by atoms with Crippen LogP contribution >= 0.6 is 15.9 Å². The normalized spacial score (nSPS) is 19.4. The predicted octanol–water partition coefficient (Wildman–Crippen LogP) is 3.63. The van der Waals surface area contributed by atoms with E-state index in [1.165, 1.54) is 29.3 Å². The van der Waals surface area contributed by atoms with Crippen LogP contribution in [0, 0.1) is 11.3 Å². The zero-order valence-corrected chi connectivity index (χ0v) is 11.7. The minimum atomic E-state index is 0.426. The molecule has 0 amide bonds. The third-order valence-electron chi connectivity index (χ3n) is 3.64. The zero-order chi connectivity index (χ0) is 11.6. The van der Waals surface area contributed by atoms with Crippen molar-refractivity contribution >= 4 is 15.9 Å². The topological polar surface area (TPSA) is 12.0 Å². The SMILES string of the molecule is CNCC(C)(Cc1cccc(Br)c1)C1CC1. The third-order valence-corrected chi connectivity index (χ3v) is 4.13. The van der Waals surface area contributed by atoms with Crippen LogP contribution in [0.15, 0.2) is 28.7 Å².